The van der Waals surface area contributed by atoms with Gasteiger partial charge in [-0.1, -0.05) is 54.6 Å². The number of rotatable bonds is 6. The third-order valence-electron chi connectivity index (χ3n) is 4.23. The Balaban J connectivity index is 1.66. The first kappa shape index (κ1) is 19.2. The van der Waals surface area contributed by atoms with Gasteiger partial charge in [0.1, 0.15) is 5.75 Å². The zero-order chi connectivity index (χ0) is 19.9. The highest BCUT2D eigenvalue weighted by Gasteiger charge is 2.18. The highest BCUT2D eigenvalue weighted by atomic mass is 16.5. The monoisotopic (exact) mass is 375 g/mol. The zero-order valence-electron chi connectivity index (χ0n) is 15.7. The second kappa shape index (κ2) is 8.86. The summed E-state index contributed by atoms with van der Waals surface area (Å²) in [5.41, 5.74) is 2.85. The van der Waals surface area contributed by atoms with Gasteiger partial charge in [-0.05, 0) is 42.3 Å². The largest absolute Gasteiger partial charge is 0.481 e. The third-order valence-corrected chi connectivity index (χ3v) is 4.23. The molecule has 5 heteroatoms. The van der Waals surface area contributed by atoms with Crippen LogP contribution >= 0.6 is 0 Å². The van der Waals surface area contributed by atoms with Crippen LogP contribution in [-0.4, -0.2) is 25.1 Å². The number of benzene rings is 3. The van der Waals surface area contributed by atoms with Gasteiger partial charge in [0.25, 0.3) is 5.91 Å². The molecule has 28 heavy (non-hydrogen) atoms. The van der Waals surface area contributed by atoms with Crippen molar-refractivity contribution in [1.29, 1.82) is 0 Å². The Morgan fingerprint density at radius 2 is 1.43 bits per heavy atom. The molecule has 1 N–H and O–H groups in total. The molecule has 0 aliphatic carbocycles. The Morgan fingerprint density at radius 3 is 2.11 bits per heavy atom. The third kappa shape index (κ3) is 4.57. The predicted octanol–water partition coefficient (Wildman–Crippen LogP) is 4.55. The van der Waals surface area contributed by atoms with Crippen LogP contribution in [-0.2, 0) is 9.53 Å². The van der Waals surface area contributed by atoms with E-state index in [0.29, 0.717) is 11.4 Å². The second-order valence-corrected chi connectivity index (χ2v) is 6.18. The van der Waals surface area contributed by atoms with Crippen LogP contribution < -0.4 is 10.1 Å². The molecule has 0 saturated carbocycles. The van der Waals surface area contributed by atoms with Crippen LogP contribution in [0.4, 0.5) is 5.69 Å². The van der Waals surface area contributed by atoms with E-state index in [1.807, 2.05) is 54.6 Å². The number of hydrogen-bond donors (Lipinski definition) is 1. The van der Waals surface area contributed by atoms with E-state index in [1.165, 1.54) is 7.11 Å². The molecule has 3 rings (SSSR count). The summed E-state index contributed by atoms with van der Waals surface area (Å²) in [6.45, 7) is 1.65. The van der Waals surface area contributed by atoms with Crippen LogP contribution in [0.2, 0.25) is 0 Å². The first-order valence-electron chi connectivity index (χ1n) is 8.89. The van der Waals surface area contributed by atoms with Crippen LogP contribution in [0, 0.1) is 0 Å². The van der Waals surface area contributed by atoms with Crippen molar-refractivity contribution in [3.05, 3.63) is 84.4 Å². The summed E-state index contributed by atoms with van der Waals surface area (Å²) in [6, 6.07) is 24.2. The fraction of sp³-hybridized carbons (Fsp3) is 0.130. The maximum absolute atomic E-state index is 12.5. The maximum Gasteiger partial charge on any atom is 0.339 e. The molecule has 0 fully saturated rings. The van der Waals surface area contributed by atoms with E-state index in [4.69, 9.17) is 9.47 Å². The number of hydrogen-bond acceptors (Lipinski definition) is 4. The molecule has 142 valence electrons. The summed E-state index contributed by atoms with van der Waals surface area (Å²) in [5.74, 6) is -0.284. The predicted molar refractivity (Wildman–Crippen MR) is 108 cm³/mol. The highest BCUT2D eigenvalue weighted by Crippen LogP contribution is 2.23. The topological polar surface area (TPSA) is 64.6 Å². The normalized spacial score (nSPS) is 11.4. The summed E-state index contributed by atoms with van der Waals surface area (Å²) in [4.78, 5) is 24.3. The number of carbonyl (C=O) groups excluding carboxylic acids is 2. The van der Waals surface area contributed by atoms with E-state index in [9.17, 15) is 9.59 Å². The lowest BCUT2D eigenvalue weighted by atomic mass is 10.1. The van der Waals surface area contributed by atoms with Crippen molar-refractivity contribution in [3.63, 3.8) is 0 Å². The van der Waals surface area contributed by atoms with Crippen molar-refractivity contribution >= 4 is 17.6 Å². The molecule has 1 atom stereocenters. The van der Waals surface area contributed by atoms with Gasteiger partial charge in [0, 0.05) is 0 Å². The number of esters is 1. The van der Waals surface area contributed by atoms with Gasteiger partial charge in [0.15, 0.2) is 6.10 Å². The molecule has 3 aromatic carbocycles. The van der Waals surface area contributed by atoms with Gasteiger partial charge in [0.05, 0.1) is 18.4 Å². The van der Waals surface area contributed by atoms with Crippen LogP contribution in [0.15, 0.2) is 78.9 Å². The van der Waals surface area contributed by atoms with E-state index >= 15 is 0 Å². The zero-order valence-corrected chi connectivity index (χ0v) is 15.7. The molecule has 0 heterocycles. The SMILES string of the molecule is COC(=O)c1ccccc1NC(=O)C(C)Oc1ccc(-c2ccccc2)cc1. The lowest BCUT2D eigenvalue weighted by Crippen LogP contribution is -2.30. The average Bonchev–Trinajstić information content (AvgIpc) is 2.74. The molecule has 3 aromatic rings. The fourth-order valence-electron chi connectivity index (χ4n) is 2.73. The lowest BCUT2D eigenvalue weighted by Gasteiger charge is -2.16. The number of nitrogens with one attached hydrogen (secondary N) is 1. The van der Waals surface area contributed by atoms with E-state index in [2.05, 4.69) is 5.32 Å². The van der Waals surface area contributed by atoms with Crippen molar-refractivity contribution in [2.24, 2.45) is 0 Å². The van der Waals surface area contributed by atoms with Crippen LogP contribution in [0.1, 0.15) is 17.3 Å². The first-order chi connectivity index (χ1) is 13.6. The summed E-state index contributed by atoms with van der Waals surface area (Å²) in [6.07, 6.45) is -0.742. The first-order valence-corrected chi connectivity index (χ1v) is 8.89. The van der Waals surface area contributed by atoms with E-state index in [1.54, 1.807) is 31.2 Å². The van der Waals surface area contributed by atoms with Crippen molar-refractivity contribution in [2.75, 3.05) is 12.4 Å². The number of carbonyl (C=O) groups is 2. The van der Waals surface area contributed by atoms with Crippen molar-refractivity contribution < 1.29 is 19.1 Å². The average molecular weight is 375 g/mol. The number of para-hydroxylation sites is 1. The standard InChI is InChI=1S/C23H21NO4/c1-16(22(25)24-21-11-7-6-10-20(21)23(26)27-2)28-19-14-12-18(13-15-19)17-8-4-3-5-9-17/h3-16H,1-2H3,(H,24,25). The number of methoxy groups -OCH3 is 1. The number of ether oxygens (including phenoxy) is 2. The fourth-order valence-corrected chi connectivity index (χ4v) is 2.73. The van der Waals surface area contributed by atoms with Gasteiger partial charge < -0.3 is 14.8 Å². The Bertz CT molecular complexity index is 952. The van der Waals surface area contributed by atoms with Gasteiger partial charge in [-0.15, -0.1) is 0 Å². The maximum atomic E-state index is 12.5. The summed E-state index contributed by atoms with van der Waals surface area (Å²) in [7, 11) is 1.30. The Kier molecular flexibility index (Phi) is 6.07. The van der Waals surface area contributed by atoms with Gasteiger partial charge in [-0.25, -0.2) is 4.79 Å². The molecular weight excluding hydrogens is 354 g/mol. The van der Waals surface area contributed by atoms with Crippen LogP contribution in [0.3, 0.4) is 0 Å². The Labute approximate surface area is 163 Å². The number of anilines is 1. The van der Waals surface area contributed by atoms with E-state index in [0.717, 1.165) is 11.1 Å². The second-order valence-electron chi connectivity index (χ2n) is 6.18. The van der Waals surface area contributed by atoms with Crippen molar-refractivity contribution in [3.8, 4) is 16.9 Å². The summed E-state index contributed by atoms with van der Waals surface area (Å²) < 4.78 is 10.5. The van der Waals surface area contributed by atoms with Crippen molar-refractivity contribution in [2.45, 2.75) is 13.0 Å². The van der Waals surface area contributed by atoms with Gasteiger partial charge in [-0.2, -0.15) is 0 Å². The molecule has 0 radical (unpaired) electrons. The number of amides is 1. The smallest absolute Gasteiger partial charge is 0.339 e. The molecule has 1 unspecified atom stereocenters. The Hall–Kier alpha value is -3.60. The molecule has 0 aromatic heterocycles. The molecule has 0 spiro atoms. The molecule has 0 saturated heterocycles. The van der Waals surface area contributed by atoms with Crippen LogP contribution in [0.25, 0.3) is 11.1 Å². The van der Waals surface area contributed by atoms with E-state index in [-0.39, 0.29) is 11.5 Å². The molecule has 0 aliphatic rings. The van der Waals surface area contributed by atoms with E-state index < -0.39 is 12.1 Å². The molecule has 0 aliphatic heterocycles. The summed E-state index contributed by atoms with van der Waals surface area (Å²) in [5, 5.41) is 2.72. The Morgan fingerprint density at radius 1 is 0.821 bits per heavy atom. The molecule has 5 nitrogen and oxygen atoms in total. The highest BCUT2D eigenvalue weighted by molar-refractivity contribution is 6.02. The molecule has 0 bridgehead atoms. The minimum Gasteiger partial charge on any atom is -0.481 e. The minimum atomic E-state index is -0.742. The van der Waals surface area contributed by atoms with Crippen LogP contribution in [0.5, 0.6) is 5.75 Å². The summed E-state index contributed by atoms with van der Waals surface area (Å²) >= 11 is 0. The lowest BCUT2D eigenvalue weighted by molar-refractivity contribution is -0.122. The minimum absolute atomic E-state index is 0.290. The molecule has 1 amide bonds. The molecular formula is C23H21NO4. The van der Waals surface area contributed by atoms with Gasteiger partial charge in [0.2, 0.25) is 0 Å². The quantitative estimate of drug-likeness (QED) is 0.642. The van der Waals surface area contributed by atoms with Gasteiger partial charge in [-0.3, -0.25) is 4.79 Å². The van der Waals surface area contributed by atoms with Gasteiger partial charge >= 0.3 is 5.97 Å². The van der Waals surface area contributed by atoms with Crippen molar-refractivity contribution in [1.82, 2.24) is 0 Å².